The van der Waals surface area contributed by atoms with Crippen molar-refractivity contribution in [2.45, 2.75) is 31.7 Å². The lowest BCUT2D eigenvalue weighted by atomic mass is 10.1. The van der Waals surface area contributed by atoms with Crippen molar-refractivity contribution in [3.05, 3.63) is 29.3 Å². The van der Waals surface area contributed by atoms with Crippen LogP contribution in [0.3, 0.4) is 0 Å². The highest BCUT2D eigenvalue weighted by atomic mass is 32.2. The summed E-state index contributed by atoms with van der Waals surface area (Å²) >= 11 is 0. The van der Waals surface area contributed by atoms with Gasteiger partial charge in [-0.15, -0.1) is 0 Å². The number of nitrogens with zero attached hydrogens (tertiary/aromatic N) is 2. The molecule has 0 aliphatic carbocycles. The van der Waals surface area contributed by atoms with Gasteiger partial charge in [0.15, 0.2) is 0 Å². The standard InChI is InChI=1S/C15H25N3O2S/c1-3-7-17-8-10-18(11-9-17)21(19,20)15-6-4-5-14(12-16)13(15)2/h4-6H,3,7-12,16H2,1-2H3. The molecule has 0 saturated carbocycles. The monoisotopic (exact) mass is 311 g/mol. The molecule has 21 heavy (non-hydrogen) atoms. The quantitative estimate of drug-likeness (QED) is 0.886. The number of benzene rings is 1. The Hall–Kier alpha value is -0.950. The summed E-state index contributed by atoms with van der Waals surface area (Å²) in [5, 5.41) is 0. The van der Waals surface area contributed by atoms with E-state index in [1.807, 2.05) is 13.0 Å². The molecule has 1 aliphatic heterocycles. The van der Waals surface area contributed by atoms with E-state index in [0.717, 1.165) is 37.2 Å². The van der Waals surface area contributed by atoms with Gasteiger partial charge in [-0.2, -0.15) is 4.31 Å². The SMILES string of the molecule is CCCN1CCN(S(=O)(=O)c2cccc(CN)c2C)CC1. The van der Waals surface area contributed by atoms with Crippen molar-refractivity contribution in [3.8, 4) is 0 Å². The predicted molar refractivity (Wildman–Crippen MR) is 84.6 cm³/mol. The smallest absolute Gasteiger partial charge is 0.243 e. The minimum atomic E-state index is -3.41. The van der Waals surface area contributed by atoms with Crippen molar-refractivity contribution < 1.29 is 8.42 Å². The molecule has 1 heterocycles. The Morgan fingerprint density at radius 1 is 1.19 bits per heavy atom. The van der Waals surface area contributed by atoms with Gasteiger partial charge in [-0.3, -0.25) is 0 Å². The second kappa shape index (κ2) is 6.87. The first kappa shape index (κ1) is 16.4. The van der Waals surface area contributed by atoms with Crippen molar-refractivity contribution in [3.63, 3.8) is 0 Å². The lowest BCUT2D eigenvalue weighted by Crippen LogP contribution is -2.48. The molecule has 5 nitrogen and oxygen atoms in total. The van der Waals surface area contributed by atoms with Gasteiger partial charge in [0.05, 0.1) is 4.90 Å². The Morgan fingerprint density at radius 2 is 1.86 bits per heavy atom. The Labute approximate surface area is 127 Å². The molecule has 0 bridgehead atoms. The molecule has 118 valence electrons. The van der Waals surface area contributed by atoms with Crippen LogP contribution in [0, 0.1) is 6.92 Å². The van der Waals surface area contributed by atoms with Crippen LogP contribution in [0.1, 0.15) is 24.5 Å². The van der Waals surface area contributed by atoms with Crippen molar-refractivity contribution in [1.82, 2.24) is 9.21 Å². The minimum absolute atomic E-state index is 0.361. The van der Waals surface area contributed by atoms with Gasteiger partial charge in [0.25, 0.3) is 0 Å². The van der Waals surface area contributed by atoms with E-state index in [9.17, 15) is 8.42 Å². The average molecular weight is 311 g/mol. The number of hydrogen-bond acceptors (Lipinski definition) is 4. The Kier molecular flexibility index (Phi) is 5.37. The molecule has 0 radical (unpaired) electrons. The number of sulfonamides is 1. The fourth-order valence-electron chi connectivity index (χ4n) is 2.81. The zero-order chi connectivity index (χ0) is 15.5. The van der Waals surface area contributed by atoms with Crippen LogP contribution in [0.4, 0.5) is 0 Å². The molecular formula is C15H25N3O2S. The van der Waals surface area contributed by atoms with Gasteiger partial charge in [-0.05, 0) is 37.1 Å². The molecule has 0 aromatic heterocycles. The van der Waals surface area contributed by atoms with E-state index in [0.29, 0.717) is 24.5 Å². The van der Waals surface area contributed by atoms with E-state index in [4.69, 9.17) is 5.73 Å². The maximum Gasteiger partial charge on any atom is 0.243 e. The summed E-state index contributed by atoms with van der Waals surface area (Å²) in [5.41, 5.74) is 7.34. The number of hydrogen-bond donors (Lipinski definition) is 1. The Morgan fingerprint density at radius 3 is 2.43 bits per heavy atom. The molecule has 1 aliphatic rings. The van der Waals surface area contributed by atoms with E-state index in [2.05, 4.69) is 11.8 Å². The van der Waals surface area contributed by atoms with Crippen molar-refractivity contribution in [2.24, 2.45) is 5.73 Å². The topological polar surface area (TPSA) is 66.6 Å². The van der Waals surface area contributed by atoms with Crippen molar-refractivity contribution >= 4 is 10.0 Å². The van der Waals surface area contributed by atoms with Gasteiger partial charge in [0.1, 0.15) is 0 Å². The highest BCUT2D eigenvalue weighted by Gasteiger charge is 2.29. The maximum absolute atomic E-state index is 12.8. The van der Waals surface area contributed by atoms with Gasteiger partial charge in [0, 0.05) is 32.7 Å². The summed E-state index contributed by atoms with van der Waals surface area (Å²) in [6, 6.07) is 5.34. The summed E-state index contributed by atoms with van der Waals surface area (Å²) in [4.78, 5) is 2.71. The average Bonchev–Trinajstić information content (AvgIpc) is 2.48. The number of piperazine rings is 1. The molecular weight excluding hydrogens is 286 g/mol. The first-order valence-electron chi connectivity index (χ1n) is 7.51. The normalized spacial score (nSPS) is 18.0. The fraction of sp³-hybridized carbons (Fsp3) is 0.600. The van der Waals surface area contributed by atoms with Crippen LogP contribution in [0.15, 0.2) is 23.1 Å². The van der Waals surface area contributed by atoms with Crippen LogP contribution in [0.5, 0.6) is 0 Å². The Bertz CT molecular complexity index is 579. The zero-order valence-corrected chi connectivity index (χ0v) is 13.7. The van der Waals surface area contributed by atoms with E-state index < -0.39 is 10.0 Å². The molecule has 1 fully saturated rings. The third-order valence-electron chi connectivity index (χ3n) is 4.11. The molecule has 0 unspecified atom stereocenters. The summed E-state index contributed by atoms with van der Waals surface area (Å²) < 4.78 is 27.2. The van der Waals surface area contributed by atoms with Gasteiger partial charge in [0.2, 0.25) is 10.0 Å². The van der Waals surface area contributed by atoms with E-state index >= 15 is 0 Å². The molecule has 0 amide bonds. The first-order valence-corrected chi connectivity index (χ1v) is 8.95. The van der Waals surface area contributed by atoms with Crippen LogP contribution < -0.4 is 5.73 Å². The Balaban J connectivity index is 2.20. The van der Waals surface area contributed by atoms with Crippen LogP contribution in [0.25, 0.3) is 0 Å². The van der Waals surface area contributed by atoms with E-state index in [-0.39, 0.29) is 0 Å². The van der Waals surface area contributed by atoms with Gasteiger partial charge in [-0.25, -0.2) is 8.42 Å². The highest BCUT2D eigenvalue weighted by Crippen LogP contribution is 2.23. The molecule has 1 aromatic rings. The molecule has 1 aromatic carbocycles. The molecule has 2 N–H and O–H groups in total. The summed E-state index contributed by atoms with van der Waals surface area (Å²) in [5.74, 6) is 0. The summed E-state index contributed by atoms with van der Waals surface area (Å²) in [7, 11) is -3.41. The van der Waals surface area contributed by atoms with Gasteiger partial charge < -0.3 is 10.6 Å². The second-order valence-corrected chi connectivity index (χ2v) is 7.40. The number of nitrogens with two attached hydrogens (primary N) is 1. The fourth-order valence-corrected chi connectivity index (χ4v) is 4.50. The first-order chi connectivity index (χ1) is 10.0. The maximum atomic E-state index is 12.8. The number of rotatable bonds is 5. The lowest BCUT2D eigenvalue weighted by molar-refractivity contribution is 0.188. The van der Waals surface area contributed by atoms with Crippen LogP contribution in [-0.4, -0.2) is 50.3 Å². The van der Waals surface area contributed by atoms with Crippen molar-refractivity contribution in [2.75, 3.05) is 32.7 Å². The molecule has 6 heteroatoms. The largest absolute Gasteiger partial charge is 0.326 e. The van der Waals surface area contributed by atoms with Gasteiger partial charge >= 0.3 is 0 Å². The molecule has 0 atom stereocenters. The van der Waals surface area contributed by atoms with Crippen LogP contribution in [-0.2, 0) is 16.6 Å². The molecule has 1 saturated heterocycles. The minimum Gasteiger partial charge on any atom is -0.326 e. The molecule has 2 rings (SSSR count). The van der Waals surface area contributed by atoms with E-state index in [1.165, 1.54) is 0 Å². The van der Waals surface area contributed by atoms with Gasteiger partial charge in [-0.1, -0.05) is 19.1 Å². The lowest BCUT2D eigenvalue weighted by Gasteiger charge is -2.34. The van der Waals surface area contributed by atoms with Crippen molar-refractivity contribution in [1.29, 1.82) is 0 Å². The van der Waals surface area contributed by atoms with Crippen LogP contribution >= 0.6 is 0 Å². The highest BCUT2D eigenvalue weighted by molar-refractivity contribution is 7.89. The van der Waals surface area contributed by atoms with Crippen LogP contribution in [0.2, 0.25) is 0 Å². The zero-order valence-electron chi connectivity index (χ0n) is 12.9. The summed E-state index contributed by atoms with van der Waals surface area (Å²) in [6.45, 7) is 8.12. The third kappa shape index (κ3) is 3.45. The molecule has 0 spiro atoms. The third-order valence-corrected chi connectivity index (χ3v) is 6.15. The second-order valence-electron chi connectivity index (χ2n) is 5.49. The predicted octanol–water partition coefficient (Wildman–Crippen LogP) is 1.17. The van der Waals surface area contributed by atoms with E-state index in [1.54, 1.807) is 16.4 Å². The summed E-state index contributed by atoms with van der Waals surface area (Å²) in [6.07, 6.45) is 1.10.